The van der Waals surface area contributed by atoms with Gasteiger partial charge in [0.2, 0.25) is 0 Å². The van der Waals surface area contributed by atoms with Crippen molar-refractivity contribution in [3.8, 4) is 0 Å². The van der Waals surface area contributed by atoms with Gasteiger partial charge in [-0.25, -0.2) is 4.39 Å². The van der Waals surface area contributed by atoms with E-state index in [1.165, 1.54) is 17.4 Å². The Hall–Kier alpha value is 0.0769. The number of halogens is 1. The van der Waals surface area contributed by atoms with Crippen LogP contribution < -0.4 is 4.39 Å². The summed E-state index contributed by atoms with van der Waals surface area (Å²) in [6, 6.07) is 1.49. The van der Waals surface area contributed by atoms with E-state index in [2.05, 4.69) is 38.3 Å². The Morgan fingerprint density at radius 2 is 1.95 bits per heavy atom. The topological polar surface area (TPSA) is 38.3 Å². The molecule has 20 heavy (non-hydrogen) atoms. The highest BCUT2D eigenvalue weighted by Gasteiger charge is 2.41. The van der Waals surface area contributed by atoms with Crippen LogP contribution >= 0.6 is 11.3 Å². The maximum Gasteiger partial charge on any atom is 0.263 e. The fraction of sp³-hybridized carbons (Fsp3) is 0.692. The maximum atomic E-state index is 14.0. The third-order valence-electron chi connectivity index (χ3n) is 3.57. The predicted molar refractivity (Wildman–Crippen MR) is 88.4 cm³/mol. The molecule has 0 aliphatic heterocycles. The van der Waals surface area contributed by atoms with E-state index in [9.17, 15) is 8.94 Å². The molecule has 116 valence electrons. The minimum atomic E-state index is -1.92. The molecule has 0 spiro atoms. The van der Waals surface area contributed by atoms with Crippen LogP contribution in [0.1, 0.15) is 25.6 Å². The van der Waals surface area contributed by atoms with Crippen molar-refractivity contribution in [2.24, 2.45) is 0 Å². The first-order valence-electron chi connectivity index (χ1n) is 6.56. The van der Waals surface area contributed by atoms with E-state index in [4.69, 9.17) is 0 Å². The van der Waals surface area contributed by atoms with Gasteiger partial charge in [0.1, 0.15) is 0 Å². The normalized spacial score (nSPS) is 14.9. The van der Waals surface area contributed by atoms with E-state index in [-0.39, 0.29) is 10.9 Å². The molecule has 1 N–H and O–H groups in total. The number of rotatable bonds is 5. The quantitative estimate of drug-likeness (QED) is 0.660. The molecule has 0 fully saturated rings. The molecule has 0 saturated carbocycles. The Morgan fingerprint density at radius 3 is 2.40 bits per heavy atom. The van der Waals surface area contributed by atoms with Gasteiger partial charge in [-0.15, -0.1) is 0 Å². The molecular weight excluding hydrogens is 311 g/mol. The molecular formula is C13H25FN2OS2Si. The van der Waals surface area contributed by atoms with Crippen molar-refractivity contribution in [1.82, 2.24) is 9.29 Å². The molecule has 3 nitrogen and oxygen atoms in total. The number of hydrogen-bond acceptors (Lipinski definition) is 4. The molecule has 1 aromatic rings. The number of hydrogen-bond donors (Lipinski definition) is 1. The lowest BCUT2D eigenvalue weighted by molar-refractivity contribution is 0.406. The van der Waals surface area contributed by atoms with Crippen LogP contribution in [0, 0.1) is 5.82 Å². The van der Waals surface area contributed by atoms with Gasteiger partial charge in [-0.3, -0.25) is 0 Å². The molecule has 1 atom stereocenters. The minimum Gasteiger partial charge on any atom is -0.593 e. The monoisotopic (exact) mass is 336 g/mol. The Morgan fingerprint density at radius 1 is 1.40 bits per heavy atom. The summed E-state index contributed by atoms with van der Waals surface area (Å²) in [5.41, 5.74) is 0. The average molecular weight is 337 g/mol. The van der Waals surface area contributed by atoms with Crippen molar-refractivity contribution in [1.29, 1.82) is 0 Å². The van der Waals surface area contributed by atoms with E-state index in [1.54, 1.807) is 0 Å². The molecule has 0 saturated heterocycles. The molecule has 1 unspecified atom stereocenters. The van der Waals surface area contributed by atoms with E-state index < -0.39 is 19.6 Å². The first-order chi connectivity index (χ1) is 8.94. The average Bonchev–Trinajstić information content (AvgIpc) is 2.55. The van der Waals surface area contributed by atoms with Crippen molar-refractivity contribution < 1.29 is 8.94 Å². The van der Waals surface area contributed by atoms with Crippen LogP contribution in [0.25, 0.3) is 0 Å². The van der Waals surface area contributed by atoms with Crippen molar-refractivity contribution in [3.05, 3.63) is 16.8 Å². The Labute approximate surface area is 130 Å². The molecule has 1 rings (SSSR count). The molecule has 1 aromatic heterocycles. The maximum absolute atomic E-state index is 14.0. The van der Waals surface area contributed by atoms with Gasteiger partial charge in [-0.05, 0) is 25.2 Å². The van der Waals surface area contributed by atoms with Crippen LogP contribution in [0.5, 0.6) is 0 Å². The largest absolute Gasteiger partial charge is 0.593 e. The van der Waals surface area contributed by atoms with Crippen LogP contribution in [0.15, 0.2) is 10.3 Å². The molecule has 0 aromatic carbocycles. The van der Waals surface area contributed by atoms with Gasteiger partial charge < -0.3 is 9.45 Å². The second-order valence-electron chi connectivity index (χ2n) is 6.83. The van der Waals surface area contributed by atoms with Crippen LogP contribution in [0.3, 0.4) is 0 Å². The molecule has 0 amide bonds. The van der Waals surface area contributed by atoms with Crippen molar-refractivity contribution in [3.63, 3.8) is 0 Å². The highest BCUT2D eigenvalue weighted by molar-refractivity contribution is 7.93. The van der Waals surface area contributed by atoms with Gasteiger partial charge in [-0.2, -0.15) is 4.39 Å². The SMILES string of the molecule is CN(C)Cc1cc(F)c([S+]([O-])N[Si](C)(C)C(C)(C)C)s1. The summed E-state index contributed by atoms with van der Waals surface area (Å²) >= 11 is -0.178. The van der Waals surface area contributed by atoms with Gasteiger partial charge in [0.25, 0.3) is 4.21 Å². The lowest BCUT2D eigenvalue weighted by Crippen LogP contribution is -2.54. The van der Waals surface area contributed by atoms with Crippen molar-refractivity contribution in [2.45, 2.75) is 49.7 Å². The lowest BCUT2D eigenvalue weighted by atomic mass is 10.2. The minimum absolute atomic E-state index is 0.0584. The summed E-state index contributed by atoms with van der Waals surface area (Å²) in [4.78, 5) is 2.87. The molecule has 7 heteroatoms. The summed E-state index contributed by atoms with van der Waals surface area (Å²) in [5.74, 6) is -0.364. The van der Waals surface area contributed by atoms with Crippen molar-refractivity contribution in [2.75, 3.05) is 14.1 Å². The van der Waals surface area contributed by atoms with Crippen LogP contribution in [0.4, 0.5) is 4.39 Å². The Balaban J connectivity index is 2.88. The van der Waals surface area contributed by atoms with Crippen LogP contribution in [-0.2, 0) is 17.9 Å². The summed E-state index contributed by atoms with van der Waals surface area (Å²) in [6.45, 7) is 11.3. The highest BCUT2D eigenvalue weighted by atomic mass is 32.2. The Bertz CT molecular complexity index is 458. The smallest absolute Gasteiger partial charge is 0.263 e. The zero-order valence-corrected chi connectivity index (χ0v) is 16.0. The zero-order valence-electron chi connectivity index (χ0n) is 13.3. The van der Waals surface area contributed by atoms with Gasteiger partial charge >= 0.3 is 0 Å². The standard InChI is InChI=1S/C13H25FN2OS2Si/c1-13(2,3)20(6,7)15-19(17)12-11(14)8-10(18-12)9-16(4)5/h8,15H,9H2,1-7H3. The lowest BCUT2D eigenvalue weighted by Gasteiger charge is -2.35. The molecule has 0 bridgehead atoms. The molecule has 0 aliphatic carbocycles. The molecule has 0 radical (unpaired) electrons. The number of thiophene rings is 1. The second-order valence-corrected chi connectivity index (χ2v) is 14.7. The van der Waals surface area contributed by atoms with Gasteiger partial charge in [-0.1, -0.05) is 45.2 Å². The summed E-state index contributed by atoms with van der Waals surface area (Å²) in [7, 11) is 1.95. The van der Waals surface area contributed by atoms with E-state index in [0.717, 1.165) is 4.88 Å². The van der Waals surface area contributed by atoms with Crippen molar-refractivity contribution >= 4 is 30.9 Å². The van der Waals surface area contributed by atoms with E-state index >= 15 is 0 Å². The fourth-order valence-corrected chi connectivity index (χ4v) is 6.91. The van der Waals surface area contributed by atoms with Gasteiger partial charge in [0, 0.05) is 11.4 Å². The Kier molecular flexibility index (Phi) is 5.85. The highest BCUT2D eigenvalue weighted by Crippen LogP contribution is 2.36. The third kappa shape index (κ3) is 4.54. The molecule has 1 heterocycles. The first kappa shape index (κ1) is 18.1. The summed E-state index contributed by atoms with van der Waals surface area (Å²) in [6.07, 6.45) is 0. The summed E-state index contributed by atoms with van der Waals surface area (Å²) in [5, 5.41) is 0.0584. The van der Waals surface area contributed by atoms with E-state index in [1.807, 2.05) is 19.0 Å². The first-order valence-corrected chi connectivity index (χ1v) is 11.5. The third-order valence-corrected chi connectivity index (χ3v) is 12.2. The van der Waals surface area contributed by atoms with Gasteiger partial charge in [0.15, 0.2) is 14.1 Å². The zero-order chi connectivity index (χ0) is 15.7. The second kappa shape index (κ2) is 6.45. The predicted octanol–water partition coefficient (Wildman–Crippen LogP) is 3.57. The van der Waals surface area contributed by atoms with E-state index in [0.29, 0.717) is 10.8 Å². The number of nitrogens with zero attached hydrogens (tertiary/aromatic N) is 1. The summed E-state index contributed by atoms with van der Waals surface area (Å²) < 4.78 is 29.9. The van der Waals surface area contributed by atoms with Crippen LogP contribution in [0.2, 0.25) is 18.1 Å². The fourth-order valence-electron chi connectivity index (χ4n) is 1.34. The van der Waals surface area contributed by atoms with Crippen LogP contribution in [-0.4, -0.2) is 31.8 Å². The number of nitrogens with one attached hydrogen (secondary N) is 1. The van der Waals surface area contributed by atoms with Gasteiger partial charge in [0.05, 0.1) is 11.4 Å². The molecule has 0 aliphatic rings.